The molecule has 0 saturated carbocycles. The molecule has 7 nitrogen and oxygen atoms in total. The molecule has 4 rings (SSSR count). The maximum atomic E-state index is 13.1. The van der Waals surface area contributed by atoms with Gasteiger partial charge in [0, 0.05) is 33.4 Å². The average Bonchev–Trinajstić information content (AvgIpc) is 3.21. The number of aryl methyl sites for hydroxylation is 1. The first-order valence-corrected chi connectivity index (χ1v) is 12.8. The molecule has 33 heavy (non-hydrogen) atoms. The fourth-order valence-corrected chi connectivity index (χ4v) is 5.99. The molecule has 2 heterocycles. The molecule has 0 aliphatic rings. The summed E-state index contributed by atoms with van der Waals surface area (Å²) in [6.45, 7) is 1.81. The number of rotatable bonds is 6. The van der Waals surface area contributed by atoms with Gasteiger partial charge in [0.2, 0.25) is 0 Å². The Bertz CT molecular complexity index is 1470. The van der Waals surface area contributed by atoms with Gasteiger partial charge in [0.15, 0.2) is 5.03 Å². The second-order valence-electron chi connectivity index (χ2n) is 7.04. The van der Waals surface area contributed by atoms with E-state index in [-0.39, 0.29) is 22.8 Å². The lowest BCUT2D eigenvalue weighted by molar-refractivity contribution is 0.0952. The van der Waals surface area contributed by atoms with Crippen LogP contribution >= 0.6 is 46.3 Å². The second kappa shape index (κ2) is 9.44. The summed E-state index contributed by atoms with van der Waals surface area (Å²) in [5.74, 6) is -0.516. The van der Waals surface area contributed by atoms with Crippen LogP contribution in [0.5, 0.6) is 0 Å². The van der Waals surface area contributed by atoms with Crippen LogP contribution in [0.4, 0.5) is 5.69 Å². The molecule has 0 unspecified atom stereocenters. The molecule has 0 aliphatic carbocycles. The first kappa shape index (κ1) is 23.7. The normalized spacial score (nSPS) is 11.5. The summed E-state index contributed by atoms with van der Waals surface area (Å²) in [6.07, 6.45) is 2.85. The maximum Gasteiger partial charge on any atom is 0.280 e. The topological polar surface area (TPSA) is 101 Å². The predicted octanol–water partition coefficient (Wildman–Crippen LogP) is 5.69. The summed E-state index contributed by atoms with van der Waals surface area (Å²) in [7, 11) is -4.10. The Labute approximate surface area is 208 Å². The van der Waals surface area contributed by atoms with Gasteiger partial charge in [-0.2, -0.15) is 12.8 Å². The van der Waals surface area contributed by atoms with Gasteiger partial charge >= 0.3 is 0 Å². The van der Waals surface area contributed by atoms with Crippen molar-refractivity contribution >= 4 is 78.0 Å². The quantitative estimate of drug-likeness (QED) is 0.326. The van der Waals surface area contributed by atoms with E-state index in [1.165, 1.54) is 42.1 Å². The number of nitrogens with zero attached hydrogens (tertiary/aromatic N) is 2. The van der Waals surface area contributed by atoms with Crippen LogP contribution in [0, 0.1) is 6.92 Å². The summed E-state index contributed by atoms with van der Waals surface area (Å²) in [5.41, 5.74) is 1.49. The fourth-order valence-electron chi connectivity index (χ4n) is 3.12. The molecule has 0 bridgehead atoms. The standard InChI is InChI=1S/C21H15Cl3N4O3S2/c1-11-2-3-13(20(29)26-9-14-16(23)7-12(22)8-17(14)24)18(6-11)28-33(30,31)21-15-10-27-32-19(15)4-5-25-21/h2-8,10,28H,9H2,1H3,(H,26,29). The number of carbonyl (C=O) groups excluding carboxylic acids is 1. The lowest BCUT2D eigenvalue weighted by Gasteiger charge is -2.14. The van der Waals surface area contributed by atoms with E-state index in [9.17, 15) is 13.2 Å². The van der Waals surface area contributed by atoms with Crippen molar-refractivity contribution in [2.75, 3.05) is 4.72 Å². The predicted molar refractivity (Wildman–Crippen MR) is 132 cm³/mol. The van der Waals surface area contributed by atoms with Crippen molar-refractivity contribution in [1.82, 2.24) is 14.7 Å². The fraction of sp³-hybridized carbons (Fsp3) is 0.0952. The molecule has 12 heteroatoms. The molecule has 0 spiro atoms. The SMILES string of the molecule is Cc1ccc(C(=O)NCc2c(Cl)cc(Cl)cc2Cl)c(NS(=O)(=O)c2nccc3sncc23)c1. The van der Waals surface area contributed by atoms with Gasteiger partial charge < -0.3 is 5.32 Å². The number of fused-ring (bicyclic) bond motifs is 1. The molecule has 0 aliphatic heterocycles. The van der Waals surface area contributed by atoms with Gasteiger partial charge in [-0.3, -0.25) is 9.52 Å². The van der Waals surface area contributed by atoms with Crippen molar-refractivity contribution in [3.05, 3.63) is 80.6 Å². The highest BCUT2D eigenvalue weighted by molar-refractivity contribution is 7.92. The summed E-state index contributed by atoms with van der Waals surface area (Å²) < 4.78 is 33.5. The first-order valence-electron chi connectivity index (χ1n) is 9.40. The molecule has 0 atom stereocenters. The number of halogens is 3. The molecule has 0 saturated heterocycles. The molecule has 2 N–H and O–H groups in total. The zero-order valence-electron chi connectivity index (χ0n) is 16.9. The molecule has 1 amide bonds. The number of amides is 1. The van der Waals surface area contributed by atoms with Crippen LogP contribution in [0.15, 0.2) is 53.8 Å². The molecular formula is C21H15Cl3N4O3S2. The maximum absolute atomic E-state index is 13.1. The number of hydrogen-bond donors (Lipinski definition) is 2. The van der Waals surface area contributed by atoms with Crippen molar-refractivity contribution in [2.24, 2.45) is 0 Å². The number of sulfonamides is 1. The van der Waals surface area contributed by atoms with E-state index in [4.69, 9.17) is 34.8 Å². The zero-order valence-corrected chi connectivity index (χ0v) is 20.8. The second-order valence-corrected chi connectivity index (χ2v) is 10.7. The zero-order chi connectivity index (χ0) is 23.8. The minimum atomic E-state index is -4.10. The van der Waals surface area contributed by atoms with Crippen molar-refractivity contribution in [3.8, 4) is 0 Å². The molecule has 2 aromatic heterocycles. The van der Waals surface area contributed by atoms with Crippen LogP contribution in [0.25, 0.3) is 10.1 Å². The van der Waals surface area contributed by atoms with Crippen molar-refractivity contribution in [3.63, 3.8) is 0 Å². The first-order chi connectivity index (χ1) is 15.7. The van der Waals surface area contributed by atoms with Crippen molar-refractivity contribution in [1.29, 1.82) is 0 Å². The molecule has 4 aromatic rings. The number of aromatic nitrogens is 2. The van der Waals surface area contributed by atoms with E-state index in [0.717, 1.165) is 5.56 Å². The monoisotopic (exact) mass is 540 g/mol. The average molecular weight is 542 g/mol. The van der Waals surface area contributed by atoms with Crippen molar-refractivity contribution < 1.29 is 13.2 Å². The lowest BCUT2D eigenvalue weighted by Crippen LogP contribution is -2.25. The van der Waals surface area contributed by atoms with E-state index < -0.39 is 15.9 Å². The third kappa shape index (κ3) is 5.07. The van der Waals surface area contributed by atoms with E-state index >= 15 is 0 Å². The third-order valence-corrected chi connectivity index (χ3v) is 7.68. The van der Waals surface area contributed by atoms with Crippen LogP contribution in [0.3, 0.4) is 0 Å². The van der Waals surface area contributed by atoms with Crippen LogP contribution < -0.4 is 10.0 Å². The molecule has 2 aromatic carbocycles. The molecule has 0 radical (unpaired) electrons. The largest absolute Gasteiger partial charge is 0.348 e. The smallest absolute Gasteiger partial charge is 0.280 e. The summed E-state index contributed by atoms with van der Waals surface area (Å²) >= 11 is 19.5. The number of anilines is 1. The number of nitrogens with one attached hydrogen (secondary N) is 2. The van der Waals surface area contributed by atoms with Crippen LogP contribution in [-0.4, -0.2) is 23.7 Å². The molecule has 170 valence electrons. The lowest BCUT2D eigenvalue weighted by atomic mass is 10.1. The van der Waals surface area contributed by atoms with Gasteiger partial charge in [-0.15, -0.1) is 0 Å². The number of benzene rings is 2. The summed E-state index contributed by atoms with van der Waals surface area (Å²) in [4.78, 5) is 17.0. The highest BCUT2D eigenvalue weighted by atomic mass is 35.5. The highest BCUT2D eigenvalue weighted by Crippen LogP contribution is 2.30. The van der Waals surface area contributed by atoms with Gasteiger partial charge in [0.1, 0.15) is 0 Å². The number of carbonyl (C=O) groups is 1. The Morgan fingerprint density at radius 3 is 2.55 bits per heavy atom. The molecular weight excluding hydrogens is 527 g/mol. The summed E-state index contributed by atoms with van der Waals surface area (Å²) in [5, 5.41) is 3.94. The van der Waals surface area contributed by atoms with Crippen LogP contribution in [0.2, 0.25) is 15.1 Å². The Hall–Kier alpha value is -2.43. The van der Waals surface area contributed by atoms with Gasteiger partial charge in [0.25, 0.3) is 15.9 Å². The van der Waals surface area contributed by atoms with Crippen molar-refractivity contribution in [2.45, 2.75) is 18.5 Å². The van der Waals surface area contributed by atoms with E-state index in [1.54, 1.807) is 25.1 Å². The highest BCUT2D eigenvalue weighted by Gasteiger charge is 2.23. The minimum absolute atomic E-state index is 0.0230. The van der Waals surface area contributed by atoms with E-state index in [1.807, 2.05) is 0 Å². The van der Waals surface area contributed by atoms with Gasteiger partial charge in [-0.05, 0) is 54.4 Å². The Morgan fingerprint density at radius 1 is 1.09 bits per heavy atom. The molecule has 0 fully saturated rings. The Balaban J connectivity index is 1.63. The van der Waals surface area contributed by atoms with Crippen LogP contribution in [0.1, 0.15) is 21.5 Å². The van der Waals surface area contributed by atoms with Gasteiger partial charge in [0.05, 0.1) is 27.5 Å². The van der Waals surface area contributed by atoms with Gasteiger partial charge in [-0.25, -0.2) is 4.98 Å². The number of hydrogen-bond acceptors (Lipinski definition) is 6. The summed E-state index contributed by atoms with van der Waals surface area (Å²) in [6, 6.07) is 9.54. The third-order valence-electron chi connectivity index (χ3n) is 4.70. The number of pyridine rings is 1. The van der Waals surface area contributed by atoms with E-state index in [0.29, 0.717) is 30.7 Å². The minimum Gasteiger partial charge on any atom is -0.348 e. The Kier molecular flexibility index (Phi) is 6.78. The van der Waals surface area contributed by atoms with Crippen LogP contribution in [-0.2, 0) is 16.6 Å². The van der Waals surface area contributed by atoms with Gasteiger partial charge in [-0.1, -0.05) is 40.9 Å². The Morgan fingerprint density at radius 2 is 1.82 bits per heavy atom. The van der Waals surface area contributed by atoms with E-state index in [2.05, 4.69) is 19.4 Å².